The van der Waals surface area contributed by atoms with Crippen molar-refractivity contribution in [2.24, 2.45) is 0 Å². The predicted molar refractivity (Wildman–Crippen MR) is 79.5 cm³/mol. The summed E-state index contributed by atoms with van der Waals surface area (Å²) in [7, 11) is 0. The summed E-state index contributed by atoms with van der Waals surface area (Å²) in [5.74, 6) is 0.964. The second-order valence-electron chi connectivity index (χ2n) is 4.27. The van der Waals surface area contributed by atoms with Gasteiger partial charge in [0.1, 0.15) is 5.82 Å². The summed E-state index contributed by atoms with van der Waals surface area (Å²) in [5.41, 5.74) is 0. The highest BCUT2D eigenvalue weighted by atomic mass is 32.1. The van der Waals surface area contributed by atoms with Crippen LogP contribution in [0.2, 0.25) is 0 Å². The quantitative estimate of drug-likeness (QED) is 0.811. The van der Waals surface area contributed by atoms with E-state index in [-0.39, 0.29) is 0 Å². The smallest absolute Gasteiger partial charge is 0.203 e. The fourth-order valence-corrected chi connectivity index (χ4v) is 3.33. The highest BCUT2D eigenvalue weighted by molar-refractivity contribution is 7.10. The van der Waals surface area contributed by atoms with Crippen molar-refractivity contribution >= 4 is 28.0 Å². The van der Waals surface area contributed by atoms with Gasteiger partial charge in [0.05, 0.1) is 6.04 Å². The Morgan fingerprint density at radius 3 is 2.89 bits per heavy atom. The van der Waals surface area contributed by atoms with Crippen LogP contribution >= 0.6 is 22.9 Å². The van der Waals surface area contributed by atoms with Crippen molar-refractivity contribution in [2.45, 2.75) is 45.6 Å². The molecule has 2 rings (SSSR count). The lowest BCUT2D eigenvalue weighted by Crippen LogP contribution is -2.08. The fourth-order valence-electron chi connectivity index (χ4n) is 1.85. The Kier molecular flexibility index (Phi) is 5.13. The maximum absolute atomic E-state index is 4.53. The molecule has 0 bridgehead atoms. The highest BCUT2D eigenvalue weighted by Crippen LogP contribution is 2.28. The molecule has 0 saturated heterocycles. The highest BCUT2D eigenvalue weighted by Gasteiger charge is 2.13. The molecule has 2 aromatic rings. The van der Waals surface area contributed by atoms with Crippen molar-refractivity contribution in [1.82, 2.24) is 9.36 Å². The van der Waals surface area contributed by atoms with Crippen molar-refractivity contribution in [3.05, 3.63) is 28.2 Å². The van der Waals surface area contributed by atoms with Crippen molar-refractivity contribution in [2.75, 3.05) is 5.32 Å². The summed E-state index contributed by atoms with van der Waals surface area (Å²) >= 11 is 3.27. The lowest BCUT2D eigenvalue weighted by molar-refractivity contribution is 0.686. The zero-order chi connectivity index (χ0) is 12.8. The van der Waals surface area contributed by atoms with Gasteiger partial charge in [0.25, 0.3) is 0 Å². The summed E-state index contributed by atoms with van der Waals surface area (Å²) in [6.45, 7) is 4.37. The number of aromatic nitrogens is 2. The molecule has 0 radical (unpaired) electrons. The van der Waals surface area contributed by atoms with Gasteiger partial charge in [-0.25, -0.2) is 4.98 Å². The molecule has 5 heteroatoms. The molecule has 2 heterocycles. The molecule has 0 spiro atoms. The monoisotopic (exact) mass is 281 g/mol. The van der Waals surface area contributed by atoms with Crippen molar-refractivity contribution in [3.63, 3.8) is 0 Å². The molecule has 0 aliphatic carbocycles. The molecule has 0 amide bonds. The van der Waals surface area contributed by atoms with Gasteiger partial charge in [0.15, 0.2) is 0 Å². The number of hydrogen-bond donors (Lipinski definition) is 1. The minimum atomic E-state index is 0.373. The summed E-state index contributed by atoms with van der Waals surface area (Å²) in [6.07, 6.45) is 4.36. The van der Waals surface area contributed by atoms with E-state index in [2.05, 4.69) is 46.0 Å². The Balaban J connectivity index is 2.03. The Morgan fingerprint density at radius 2 is 2.22 bits per heavy atom. The van der Waals surface area contributed by atoms with Crippen LogP contribution in [0.5, 0.6) is 0 Å². The van der Waals surface area contributed by atoms with Gasteiger partial charge in [-0.3, -0.25) is 0 Å². The SMILES string of the molecule is CCCc1nsc(NC(CCC)c2cccs2)n1. The van der Waals surface area contributed by atoms with Gasteiger partial charge >= 0.3 is 0 Å². The lowest BCUT2D eigenvalue weighted by Gasteiger charge is -2.15. The van der Waals surface area contributed by atoms with E-state index < -0.39 is 0 Å². The van der Waals surface area contributed by atoms with E-state index >= 15 is 0 Å². The predicted octanol–water partition coefficient (Wildman–Crippen LogP) is 4.51. The van der Waals surface area contributed by atoms with E-state index in [1.807, 2.05) is 0 Å². The first-order valence-electron chi connectivity index (χ1n) is 6.46. The van der Waals surface area contributed by atoms with Crippen LogP contribution in [0, 0.1) is 0 Å². The molecule has 2 aromatic heterocycles. The lowest BCUT2D eigenvalue weighted by atomic mass is 10.1. The number of nitrogens with zero attached hydrogens (tertiary/aromatic N) is 2. The third kappa shape index (κ3) is 3.53. The topological polar surface area (TPSA) is 37.8 Å². The Hall–Kier alpha value is -0.940. The molecule has 1 unspecified atom stereocenters. The maximum atomic E-state index is 4.53. The van der Waals surface area contributed by atoms with Crippen molar-refractivity contribution in [3.8, 4) is 0 Å². The Morgan fingerprint density at radius 1 is 1.33 bits per heavy atom. The largest absolute Gasteiger partial charge is 0.353 e. The van der Waals surface area contributed by atoms with Crippen LogP contribution in [-0.4, -0.2) is 9.36 Å². The van der Waals surface area contributed by atoms with Crippen LogP contribution in [0.1, 0.15) is 49.9 Å². The van der Waals surface area contributed by atoms with E-state index in [0.29, 0.717) is 6.04 Å². The summed E-state index contributed by atoms with van der Waals surface area (Å²) in [4.78, 5) is 5.91. The number of anilines is 1. The van der Waals surface area contributed by atoms with Crippen molar-refractivity contribution < 1.29 is 0 Å². The molecular weight excluding hydrogens is 262 g/mol. The zero-order valence-corrected chi connectivity index (χ0v) is 12.5. The number of rotatable bonds is 7. The van der Waals surface area contributed by atoms with Crippen LogP contribution in [0.3, 0.4) is 0 Å². The van der Waals surface area contributed by atoms with Crippen LogP contribution in [-0.2, 0) is 6.42 Å². The van der Waals surface area contributed by atoms with Crippen molar-refractivity contribution in [1.29, 1.82) is 0 Å². The number of thiophene rings is 1. The van der Waals surface area contributed by atoms with Crippen LogP contribution in [0.4, 0.5) is 5.13 Å². The van der Waals surface area contributed by atoms with E-state index in [1.54, 1.807) is 11.3 Å². The molecule has 0 aromatic carbocycles. The molecule has 18 heavy (non-hydrogen) atoms. The van der Waals surface area contributed by atoms with Gasteiger partial charge < -0.3 is 5.32 Å². The first-order chi connectivity index (χ1) is 8.83. The Labute approximate surface area is 116 Å². The molecule has 0 aliphatic heterocycles. The Bertz CT molecular complexity index is 451. The number of nitrogens with one attached hydrogen (secondary N) is 1. The molecule has 1 atom stereocenters. The van der Waals surface area contributed by atoms with E-state index in [1.165, 1.54) is 16.4 Å². The van der Waals surface area contributed by atoms with Crippen LogP contribution < -0.4 is 5.32 Å². The summed E-state index contributed by atoms with van der Waals surface area (Å²) < 4.78 is 4.37. The minimum Gasteiger partial charge on any atom is -0.353 e. The maximum Gasteiger partial charge on any atom is 0.203 e. The molecule has 0 fully saturated rings. The van der Waals surface area contributed by atoms with Gasteiger partial charge in [-0.05, 0) is 24.3 Å². The average Bonchev–Trinajstić information content (AvgIpc) is 3.00. The van der Waals surface area contributed by atoms with Gasteiger partial charge in [-0.15, -0.1) is 11.3 Å². The average molecular weight is 281 g/mol. The van der Waals surface area contributed by atoms with E-state index in [0.717, 1.165) is 36.6 Å². The van der Waals surface area contributed by atoms with E-state index in [9.17, 15) is 0 Å². The van der Waals surface area contributed by atoms with Crippen LogP contribution in [0.25, 0.3) is 0 Å². The normalized spacial score (nSPS) is 12.6. The molecule has 0 aliphatic rings. The zero-order valence-electron chi connectivity index (χ0n) is 10.8. The minimum absolute atomic E-state index is 0.373. The summed E-state index contributed by atoms with van der Waals surface area (Å²) in [5, 5.41) is 6.59. The molecule has 3 nitrogen and oxygen atoms in total. The standard InChI is InChI=1S/C13H19N3S2/c1-3-6-10(11-8-5-9-17-11)14-13-15-12(7-4-2)16-18-13/h5,8-10H,3-4,6-7H2,1-2H3,(H,14,15,16). The van der Waals surface area contributed by atoms with Crippen LogP contribution in [0.15, 0.2) is 17.5 Å². The third-order valence-corrected chi connectivity index (χ3v) is 4.37. The second kappa shape index (κ2) is 6.85. The third-order valence-electron chi connectivity index (χ3n) is 2.70. The first-order valence-corrected chi connectivity index (χ1v) is 8.11. The first kappa shape index (κ1) is 13.5. The molecule has 0 saturated carbocycles. The molecular formula is C13H19N3S2. The molecule has 98 valence electrons. The fraction of sp³-hybridized carbons (Fsp3) is 0.538. The number of hydrogen-bond acceptors (Lipinski definition) is 5. The van der Waals surface area contributed by atoms with Gasteiger partial charge in [0, 0.05) is 22.8 Å². The van der Waals surface area contributed by atoms with E-state index in [4.69, 9.17) is 0 Å². The van der Waals surface area contributed by atoms with Gasteiger partial charge in [-0.2, -0.15) is 4.37 Å². The second-order valence-corrected chi connectivity index (χ2v) is 6.00. The molecule has 1 N–H and O–H groups in total. The van der Waals surface area contributed by atoms with Gasteiger partial charge in [-0.1, -0.05) is 26.3 Å². The number of aryl methyl sites for hydroxylation is 1. The summed E-state index contributed by atoms with van der Waals surface area (Å²) in [6, 6.07) is 4.66. The van der Waals surface area contributed by atoms with Gasteiger partial charge in [0.2, 0.25) is 5.13 Å².